The minimum Gasteiger partial charge on any atom is -0.394 e. The molecule has 1 aromatic heterocycles. The predicted octanol–water partition coefficient (Wildman–Crippen LogP) is 0.0898. The number of ether oxygens (including phenoxy) is 1. The molecule has 1 aliphatic heterocycles. The van der Waals surface area contributed by atoms with Crippen molar-refractivity contribution < 1.29 is 9.84 Å². The standard InChI is InChI=1S/C10H14ClN3O3/c11-9-8(13-7-1-4-17-6-7)5-12-14(2-3-15)10(9)16/h5,7,13,15H,1-4,6H2. The van der Waals surface area contributed by atoms with Crippen LogP contribution in [0.4, 0.5) is 5.69 Å². The highest BCUT2D eigenvalue weighted by Gasteiger charge is 2.18. The van der Waals surface area contributed by atoms with Crippen LogP contribution < -0.4 is 10.9 Å². The normalized spacial score (nSPS) is 19.5. The zero-order chi connectivity index (χ0) is 12.3. The summed E-state index contributed by atoms with van der Waals surface area (Å²) in [4.78, 5) is 11.7. The summed E-state index contributed by atoms with van der Waals surface area (Å²) >= 11 is 5.95. The zero-order valence-corrected chi connectivity index (χ0v) is 9.98. The second-order valence-corrected chi connectivity index (χ2v) is 4.21. The molecule has 1 atom stereocenters. The third-order valence-electron chi connectivity index (χ3n) is 2.59. The number of nitrogens with one attached hydrogen (secondary N) is 1. The molecule has 0 radical (unpaired) electrons. The van der Waals surface area contributed by atoms with Gasteiger partial charge in [-0.2, -0.15) is 5.10 Å². The second-order valence-electron chi connectivity index (χ2n) is 3.83. The van der Waals surface area contributed by atoms with Crippen LogP contribution in [0.15, 0.2) is 11.0 Å². The molecule has 2 rings (SSSR count). The molecule has 1 saturated heterocycles. The molecular formula is C10H14ClN3O3. The van der Waals surface area contributed by atoms with Gasteiger partial charge in [0.15, 0.2) is 0 Å². The summed E-state index contributed by atoms with van der Waals surface area (Å²) in [6.07, 6.45) is 2.38. The van der Waals surface area contributed by atoms with Gasteiger partial charge in [0.1, 0.15) is 5.02 Å². The Bertz CT molecular complexity index is 443. The van der Waals surface area contributed by atoms with Crippen molar-refractivity contribution in [3.05, 3.63) is 21.6 Å². The van der Waals surface area contributed by atoms with Gasteiger partial charge in [0.05, 0.1) is 37.7 Å². The average Bonchev–Trinajstić information content (AvgIpc) is 2.82. The van der Waals surface area contributed by atoms with Gasteiger partial charge < -0.3 is 15.2 Å². The zero-order valence-electron chi connectivity index (χ0n) is 9.23. The number of anilines is 1. The number of aliphatic hydroxyl groups is 1. The van der Waals surface area contributed by atoms with Crippen molar-refractivity contribution >= 4 is 17.3 Å². The van der Waals surface area contributed by atoms with E-state index in [1.165, 1.54) is 6.20 Å². The van der Waals surface area contributed by atoms with Crippen LogP contribution in [0.1, 0.15) is 6.42 Å². The van der Waals surface area contributed by atoms with Gasteiger partial charge in [-0.1, -0.05) is 11.6 Å². The molecule has 1 aromatic rings. The van der Waals surface area contributed by atoms with E-state index in [0.717, 1.165) is 11.1 Å². The maximum atomic E-state index is 11.7. The molecule has 0 saturated carbocycles. The van der Waals surface area contributed by atoms with Crippen molar-refractivity contribution in [3.63, 3.8) is 0 Å². The highest BCUT2D eigenvalue weighted by atomic mass is 35.5. The summed E-state index contributed by atoms with van der Waals surface area (Å²) < 4.78 is 6.36. The van der Waals surface area contributed by atoms with Crippen molar-refractivity contribution in [2.45, 2.75) is 19.0 Å². The van der Waals surface area contributed by atoms with Crippen molar-refractivity contribution in [3.8, 4) is 0 Å². The van der Waals surface area contributed by atoms with E-state index in [9.17, 15) is 4.79 Å². The van der Waals surface area contributed by atoms with Crippen molar-refractivity contribution in [1.82, 2.24) is 9.78 Å². The van der Waals surface area contributed by atoms with E-state index >= 15 is 0 Å². The lowest BCUT2D eigenvalue weighted by Gasteiger charge is -2.13. The monoisotopic (exact) mass is 259 g/mol. The van der Waals surface area contributed by atoms with Gasteiger partial charge in [0, 0.05) is 6.61 Å². The van der Waals surface area contributed by atoms with Gasteiger partial charge >= 0.3 is 0 Å². The fraction of sp³-hybridized carbons (Fsp3) is 0.600. The lowest BCUT2D eigenvalue weighted by Crippen LogP contribution is -2.27. The molecule has 2 heterocycles. The minimum absolute atomic E-state index is 0.0975. The van der Waals surface area contributed by atoms with Gasteiger partial charge in [-0.15, -0.1) is 0 Å². The SMILES string of the molecule is O=c1c(Cl)c(NC2CCOC2)cnn1CCO. The number of aliphatic hydroxyl groups excluding tert-OH is 1. The van der Waals surface area contributed by atoms with E-state index in [4.69, 9.17) is 21.4 Å². The van der Waals surface area contributed by atoms with Crippen molar-refractivity contribution in [2.24, 2.45) is 0 Å². The first kappa shape index (κ1) is 12.3. The molecule has 0 bridgehead atoms. The molecule has 0 amide bonds. The molecule has 1 fully saturated rings. The maximum Gasteiger partial charge on any atom is 0.287 e. The van der Waals surface area contributed by atoms with E-state index in [0.29, 0.717) is 18.9 Å². The first-order valence-electron chi connectivity index (χ1n) is 5.43. The Hall–Kier alpha value is -1.11. The van der Waals surface area contributed by atoms with Crippen molar-refractivity contribution in [2.75, 3.05) is 25.1 Å². The number of hydrogen-bond donors (Lipinski definition) is 2. The molecule has 6 nitrogen and oxygen atoms in total. The quantitative estimate of drug-likeness (QED) is 0.802. The topological polar surface area (TPSA) is 76.4 Å². The average molecular weight is 260 g/mol. The number of nitrogens with zero attached hydrogens (tertiary/aromatic N) is 2. The fourth-order valence-corrected chi connectivity index (χ4v) is 1.89. The van der Waals surface area contributed by atoms with Crippen LogP contribution in [0.5, 0.6) is 0 Å². The molecular weight excluding hydrogens is 246 g/mol. The first-order chi connectivity index (χ1) is 8.22. The highest BCUT2D eigenvalue weighted by Crippen LogP contribution is 2.18. The van der Waals surface area contributed by atoms with Gasteiger partial charge in [0.25, 0.3) is 5.56 Å². The van der Waals surface area contributed by atoms with E-state index in [2.05, 4.69) is 10.4 Å². The smallest absolute Gasteiger partial charge is 0.287 e. The Morgan fingerprint density at radius 2 is 2.53 bits per heavy atom. The van der Waals surface area contributed by atoms with Crippen LogP contribution in [0, 0.1) is 0 Å². The van der Waals surface area contributed by atoms with E-state index in [1.807, 2.05) is 0 Å². The number of hydrogen-bond acceptors (Lipinski definition) is 5. The number of rotatable bonds is 4. The van der Waals surface area contributed by atoms with Crippen LogP contribution in [0.3, 0.4) is 0 Å². The molecule has 7 heteroatoms. The molecule has 2 N–H and O–H groups in total. The lowest BCUT2D eigenvalue weighted by atomic mass is 10.2. The molecule has 0 aliphatic carbocycles. The Morgan fingerprint density at radius 1 is 1.71 bits per heavy atom. The van der Waals surface area contributed by atoms with E-state index < -0.39 is 5.56 Å². The highest BCUT2D eigenvalue weighted by molar-refractivity contribution is 6.32. The van der Waals surface area contributed by atoms with E-state index in [-0.39, 0.29) is 24.2 Å². The minimum atomic E-state index is -0.398. The fourth-order valence-electron chi connectivity index (χ4n) is 1.69. The maximum absolute atomic E-state index is 11.7. The first-order valence-corrected chi connectivity index (χ1v) is 5.81. The Labute approximate surface area is 103 Å². The van der Waals surface area contributed by atoms with Gasteiger partial charge in [-0.25, -0.2) is 4.68 Å². The largest absolute Gasteiger partial charge is 0.394 e. The van der Waals surface area contributed by atoms with Crippen LogP contribution in [-0.2, 0) is 11.3 Å². The lowest BCUT2D eigenvalue weighted by molar-refractivity contribution is 0.195. The Morgan fingerprint density at radius 3 is 3.18 bits per heavy atom. The van der Waals surface area contributed by atoms with Crippen LogP contribution in [0.25, 0.3) is 0 Å². The van der Waals surface area contributed by atoms with Crippen molar-refractivity contribution in [1.29, 1.82) is 0 Å². The number of halogens is 1. The summed E-state index contributed by atoms with van der Waals surface area (Å²) in [5.41, 5.74) is 0.117. The Kier molecular flexibility index (Phi) is 3.98. The third kappa shape index (κ3) is 2.77. The molecule has 1 unspecified atom stereocenters. The van der Waals surface area contributed by atoms with E-state index in [1.54, 1.807) is 0 Å². The summed E-state index contributed by atoms with van der Waals surface area (Å²) in [5, 5.41) is 15.9. The Balaban J connectivity index is 2.18. The van der Waals surface area contributed by atoms with Gasteiger partial charge in [-0.05, 0) is 6.42 Å². The van der Waals surface area contributed by atoms with Crippen LogP contribution in [-0.4, -0.2) is 40.7 Å². The summed E-state index contributed by atoms with van der Waals surface area (Å²) in [7, 11) is 0. The number of aromatic nitrogens is 2. The summed E-state index contributed by atoms with van der Waals surface area (Å²) in [5.74, 6) is 0. The predicted molar refractivity (Wildman–Crippen MR) is 63.4 cm³/mol. The second kappa shape index (κ2) is 5.48. The van der Waals surface area contributed by atoms with Crippen LogP contribution >= 0.6 is 11.6 Å². The van der Waals surface area contributed by atoms with Crippen LogP contribution in [0.2, 0.25) is 5.02 Å². The molecule has 0 aromatic carbocycles. The summed E-state index contributed by atoms with van der Waals surface area (Å²) in [6, 6.07) is 0.169. The van der Waals surface area contributed by atoms with Gasteiger partial charge in [-0.3, -0.25) is 4.79 Å². The third-order valence-corrected chi connectivity index (χ3v) is 2.95. The summed E-state index contributed by atoms with van der Waals surface area (Å²) in [6.45, 7) is 1.32. The van der Waals surface area contributed by atoms with Gasteiger partial charge in [0.2, 0.25) is 0 Å². The molecule has 0 spiro atoms. The molecule has 17 heavy (non-hydrogen) atoms. The molecule has 1 aliphatic rings. The molecule has 94 valence electrons.